The van der Waals surface area contributed by atoms with Crippen LogP contribution < -0.4 is 16.0 Å². The molecular weight excluding hydrogens is 390 g/mol. The number of amides is 2. The first kappa shape index (κ1) is 23.8. The molecule has 1 aliphatic rings. The molecule has 0 unspecified atom stereocenters. The first-order valence-corrected chi connectivity index (χ1v) is 10.1. The second-order valence-electron chi connectivity index (χ2n) is 7.82. The number of aliphatic hydroxyl groups is 2. The molecule has 0 bridgehead atoms. The number of nitrogens with one attached hydrogen (secondary N) is 3. The highest BCUT2D eigenvalue weighted by Crippen LogP contribution is 2.30. The number of ketones is 1. The van der Waals surface area contributed by atoms with Gasteiger partial charge < -0.3 is 30.9 Å². The van der Waals surface area contributed by atoms with Gasteiger partial charge in [-0.25, -0.2) is 0 Å². The molecule has 0 saturated carbocycles. The fourth-order valence-corrected chi connectivity index (χ4v) is 3.10. The maximum Gasteiger partial charge on any atom is 0.252 e. The Balaban J connectivity index is 2.07. The number of anilines is 1. The van der Waals surface area contributed by atoms with Crippen molar-refractivity contribution in [3.63, 3.8) is 0 Å². The van der Waals surface area contributed by atoms with Crippen molar-refractivity contribution in [1.82, 2.24) is 10.6 Å². The van der Waals surface area contributed by atoms with Crippen LogP contribution in [0.25, 0.3) is 0 Å². The molecule has 0 spiro atoms. The first-order valence-electron chi connectivity index (χ1n) is 10.1. The summed E-state index contributed by atoms with van der Waals surface area (Å²) in [7, 11) is 0. The number of carbonyl (C=O) groups is 3. The van der Waals surface area contributed by atoms with Crippen LogP contribution in [0.4, 0.5) is 5.69 Å². The third-order valence-electron chi connectivity index (χ3n) is 4.85. The molecule has 0 radical (unpaired) electrons. The zero-order valence-corrected chi connectivity index (χ0v) is 17.6. The molecule has 1 heterocycles. The Hall–Kier alpha value is -2.49. The Morgan fingerprint density at radius 2 is 1.87 bits per heavy atom. The van der Waals surface area contributed by atoms with E-state index in [1.165, 1.54) is 0 Å². The molecule has 1 aromatic carbocycles. The molecule has 1 saturated heterocycles. The predicted octanol–water partition coefficient (Wildman–Crippen LogP) is 0.0704. The van der Waals surface area contributed by atoms with E-state index >= 15 is 0 Å². The average molecular weight is 421 g/mol. The van der Waals surface area contributed by atoms with Gasteiger partial charge in [-0.3, -0.25) is 14.4 Å². The van der Waals surface area contributed by atoms with Crippen LogP contribution in [0.5, 0.6) is 0 Å². The molecule has 9 heteroatoms. The Kier molecular flexibility index (Phi) is 8.33. The molecule has 1 aliphatic heterocycles. The Labute approximate surface area is 176 Å². The number of benzene rings is 1. The molecule has 1 fully saturated rings. The van der Waals surface area contributed by atoms with Gasteiger partial charge in [0.2, 0.25) is 5.91 Å². The van der Waals surface area contributed by atoms with Gasteiger partial charge in [-0.15, -0.1) is 0 Å². The number of rotatable bonds is 12. The van der Waals surface area contributed by atoms with Crippen molar-refractivity contribution in [3.8, 4) is 0 Å². The number of epoxide rings is 1. The monoisotopic (exact) mass is 421 g/mol. The lowest BCUT2D eigenvalue weighted by atomic mass is 9.92. The average Bonchev–Trinajstić information content (AvgIpc) is 3.52. The van der Waals surface area contributed by atoms with E-state index in [1.807, 2.05) is 26.8 Å². The quantitative estimate of drug-likeness (QED) is 0.301. The second-order valence-corrected chi connectivity index (χ2v) is 7.82. The summed E-state index contributed by atoms with van der Waals surface area (Å²) < 4.78 is 5.12. The number of hydrogen-bond acceptors (Lipinski definition) is 7. The van der Waals surface area contributed by atoms with Gasteiger partial charge >= 0.3 is 0 Å². The van der Waals surface area contributed by atoms with Crippen molar-refractivity contribution < 1.29 is 29.3 Å². The van der Waals surface area contributed by atoms with Crippen molar-refractivity contribution in [3.05, 3.63) is 29.8 Å². The number of ether oxygens (including phenoxy) is 1. The van der Waals surface area contributed by atoms with E-state index in [0.29, 0.717) is 18.5 Å². The molecule has 5 N–H and O–H groups in total. The van der Waals surface area contributed by atoms with Gasteiger partial charge in [-0.1, -0.05) is 19.9 Å². The van der Waals surface area contributed by atoms with Gasteiger partial charge in [-0.2, -0.15) is 0 Å². The Morgan fingerprint density at radius 1 is 1.17 bits per heavy atom. The highest BCUT2D eigenvalue weighted by Gasteiger charge is 2.54. The molecule has 2 amide bonds. The van der Waals surface area contributed by atoms with E-state index in [2.05, 4.69) is 16.0 Å². The van der Waals surface area contributed by atoms with Gasteiger partial charge in [0.15, 0.2) is 11.4 Å². The number of aliphatic hydroxyl groups excluding tert-OH is 2. The Bertz CT molecular complexity index is 763. The van der Waals surface area contributed by atoms with Crippen LogP contribution in [0.3, 0.4) is 0 Å². The SMILES string of the molecule is CCNc1cccc(C(=O)N[C@@H](CO)C(=O)N[C@@H](CC(C)C)C(=O)[C@@]2(CO)CO2)c1. The zero-order chi connectivity index (χ0) is 22.3. The van der Waals surface area contributed by atoms with Crippen molar-refractivity contribution in [2.75, 3.05) is 31.7 Å². The smallest absolute Gasteiger partial charge is 0.252 e. The zero-order valence-electron chi connectivity index (χ0n) is 17.6. The van der Waals surface area contributed by atoms with Crippen LogP contribution in [0.1, 0.15) is 37.6 Å². The summed E-state index contributed by atoms with van der Waals surface area (Å²) in [4.78, 5) is 38.0. The minimum absolute atomic E-state index is 0.0877. The fraction of sp³-hybridized carbons (Fsp3) is 0.571. The van der Waals surface area contributed by atoms with E-state index in [4.69, 9.17) is 4.74 Å². The lowest BCUT2D eigenvalue weighted by Gasteiger charge is -2.24. The number of carbonyl (C=O) groups excluding carboxylic acids is 3. The van der Waals surface area contributed by atoms with Gasteiger partial charge in [0, 0.05) is 17.8 Å². The molecule has 3 atom stereocenters. The number of Topliss-reactive ketones (excluding diaryl/α,β-unsaturated/α-hetero) is 1. The molecule has 9 nitrogen and oxygen atoms in total. The van der Waals surface area contributed by atoms with Crippen LogP contribution in [-0.4, -0.2) is 71.9 Å². The number of hydrogen-bond donors (Lipinski definition) is 5. The molecule has 166 valence electrons. The van der Waals surface area contributed by atoms with Crippen molar-refractivity contribution in [2.24, 2.45) is 5.92 Å². The van der Waals surface area contributed by atoms with Crippen molar-refractivity contribution in [2.45, 2.75) is 44.9 Å². The summed E-state index contributed by atoms with van der Waals surface area (Å²) in [6.45, 7) is 5.43. The van der Waals surface area contributed by atoms with Crippen LogP contribution in [0.2, 0.25) is 0 Å². The third-order valence-corrected chi connectivity index (χ3v) is 4.85. The van der Waals surface area contributed by atoms with Gasteiger partial charge in [0.05, 0.1) is 25.9 Å². The van der Waals surface area contributed by atoms with Gasteiger partial charge in [0.1, 0.15) is 6.04 Å². The van der Waals surface area contributed by atoms with Crippen LogP contribution in [0.15, 0.2) is 24.3 Å². The molecular formula is C21H31N3O6. The van der Waals surface area contributed by atoms with Gasteiger partial charge in [-0.05, 0) is 37.5 Å². The van der Waals surface area contributed by atoms with E-state index in [9.17, 15) is 24.6 Å². The fourth-order valence-electron chi connectivity index (χ4n) is 3.10. The van der Waals surface area contributed by atoms with E-state index in [-0.39, 0.29) is 12.5 Å². The summed E-state index contributed by atoms with van der Waals surface area (Å²) in [5.74, 6) is -1.52. The van der Waals surface area contributed by atoms with Gasteiger partial charge in [0.25, 0.3) is 5.91 Å². The van der Waals surface area contributed by atoms with Crippen molar-refractivity contribution in [1.29, 1.82) is 0 Å². The molecule has 0 aromatic heterocycles. The van der Waals surface area contributed by atoms with E-state index in [1.54, 1.807) is 18.2 Å². The highest BCUT2D eigenvalue weighted by molar-refractivity contribution is 6.00. The second kappa shape index (κ2) is 10.5. The Morgan fingerprint density at radius 3 is 2.40 bits per heavy atom. The predicted molar refractivity (Wildman–Crippen MR) is 111 cm³/mol. The lowest BCUT2D eigenvalue weighted by molar-refractivity contribution is -0.133. The maximum atomic E-state index is 12.7. The summed E-state index contributed by atoms with van der Waals surface area (Å²) >= 11 is 0. The van der Waals surface area contributed by atoms with E-state index < -0.39 is 48.5 Å². The summed E-state index contributed by atoms with van der Waals surface area (Å²) in [5.41, 5.74) is -0.172. The van der Waals surface area contributed by atoms with Crippen LogP contribution >= 0.6 is 0 Å². The summed E-state index contributed by atoms with van der Waals surface area (Å²) in [5, 5.41) is 27.3. The molecule has 2 rings (SSSR count). The van der Waals surface area contributed by atoms with Crippen LogP contribution in [0, 0.1) is 5.92 Å². The normalized spacial score (nSPS) is 19.7. The summed E-state index contributed by atoms with van der Waals surface area (Å²) in [6.07, 6.45) is 0.340. The molecule has 30 heavy (non-hydrogen) atoms. The van der Waals surface area contributed by atoms with Crippen LogP contribution in [-0.2, 0) is 14.3 Å². The molecule has 0 aliphatic carbocycles. The maximum absolute atomic E-state index is 12.7. The lowest BCUT2D eigenvalue weighted by Crippen LogP contribution is -2.55. The minimum Gasteiger partial charge on any atom is -0.394 e. The molecule has 1 aromatic rings. The van der Waals surface area contributed by atoms with Crippen molar-refractivity contribution >= 4 is 23.3 Å². The third kappa shape index (κ3) is 6.01. The largest absolute Gasteiger partial charge is 0.394 e. The highest BCUT2D eigenvalue weighted by atomic mass is 16.6. The summed E-state index contributed by atoms with van der Waals surface area (Å²) in [6, 6.07) is 4.65. The minimum atomic E-state index is -1.27. The first-order chi connectivity index (χ1) is 14.3. The topological polar surface area (TPSA) is 140 Å². The standard InChI is InChI=1S/C21H31N3O6/c1-4-22-15-7-5-6-14(9-15)19(28)24-17(10-25)20(29)23-16(8-13(2)3)18(27)21(11-26)12-30-21/h5-7,9,13,16-17,22,25-26H,4,8,10-12H2,1-3H3,(H,23,29)(H,24,28)/t16-,17-,21+/m0/s1. The van der Waals surface area contributed by atoms with E-state index in [0.717, 1.165) is 5.69 Å².